The number of benzene rings is 1. The summed E-state index contributed by atoms with van der Waals surface area (Å²) in [6.45, 7) is 10.7. The van der Waals surface area contributed by atoms with E-state index >= 15 is 0 Å². The summed E-state index contributed by atoms with van der Waals surface area (Å²) in [4.78, 5) is 16.4. The Bertz CT molecular complexity index is 689. The molecule has 0 radical (unpaired) electrons. The Morgan fingerprint density at radius 1 is 1.29 bits per heavy atom. The summed E-state index contributed by atoms with van der Waals surface area (Å²) in [6.07, 6.45) is 5.13. The normalized spacial score (nSPS) is 15.2. The van der Waals surface area contributed by atoms with E-state index in [-0.39, 0.29) is 0 Å². The molecule has 1 aliphatic rings. The maximum atomic E-state index is 11.7. The zero-order chi connectivity index (χ0) is 17.5. The van der Waals surface area contributed by atoms with Gasteiger partial charge in [0.1, 0.15) is 0 Å². The zero-order valence-electron chi connectivity index (χ0n) is 14.4. The van der Waals surface area contributed by atoms with Crippen LogP contribution in [0.2, 0.25) is 0 Å². The van der Waals surface area contributed by atoms with Gasteiger partial charge >= 0.3 is 5.97 Å². The Morgan fingerprint density at radius 2 is 2.08 bits per heavy atom. The van der Waals surface area contributed by atoms with Gasteiger partial charge in [-0.3, -0.25) is 0 Å². The molecule has 5 nitrogen and oxygen atoms in total. The second-order valence-corrected chi connectivity index (χ2v) is 5.40. The number of carbonyl (C=O) groups is 1. The molecular formula is C19H23NO4. The fraction of sp³-hybridized carbons (Fsp3) is 0.368. The maximum Gasteiger partial charge on any atom is 0.367 e. The molecule has 1 aromatic carbocycles. The lowest BCUT2D eigenvalue weighted by Crippen LogP contribution is -2.05. The molecule has 1 aliphatic heterocycles. The van der Waals surface area contributed by atoms with E-state index in [4.69, 9.17) is 14.3 Å². The summed E-state index contributed by atoms with van der Waals surface area (Å²) in [7, 11) is 0. The van der Waals surface area contributed by atoms with Crippen LogP contribution >= 0.6 is 0 Å². The standard InChI is InChI=1S/C19H23NO4/c1-5-8-15-10-14(11-16-13(4)20-24-19(16)21)12-17(22-7-3)18(15)23-9-6-2/h5,10-12H,1,6-9H2,2-4H3/b16-11-. The molecule has 0 saturated heterocycles. The van der Waals surface area contributed by atoms with Crippen LogP contribution < -0.4 is 9.47 Å². The van der Waals surface area contributed by atoms with Crippen molar-refractivity contribution in [1.29, 1.82) is 0 Å². The van der Waals surface area contributed by atoms with Crippen molar-refractivity contribution in [3.05, 3.63) is 41.5 Å². The Labute approximate surface area is 142 Å². The van der Waals surface area contributed by atoms with E-state index in [9.17, 15) is 4.79 Å². The van der Waals surface area contributed by atoms with E-state index in [1.807, 2.05) is 25.1 Å². The third-order valence-corrected chi connectivity index (χ3v) is 3.45. The van der Waals surface area contributed by atoms with Crippen LogP contribution in [0.3, 0.4) is 0 Å². The van der Waals surface area contributed by atoms with Crippen LogP contribution in [0.1, 0.15) is 38.3 Å². The predicted octanol–water partition coefficient (Wildman–Crippen LogP) is 3.92. The summed E-state index contributed by atoms with van der Waals surface area (Å²) in [5.41, 5.74) is 2.82. The number of oxime groups is 1. The fourth-order valence-electron chi connectivity index (χ4n) is 2.39. The molecule has 0 unspecified atom stereocenters. The summed E-state index contributed by atoms with van der Waals surface area (Å²) in [5, 5.41) is 3.70. The minimum Gasteiger partial charge on any atom is -0.490 e. The lowest BCUT2D eigenvalue weighted by atomic mass is 10.0. The zero-order valence-corrected chi connectivity index (χ0v) is 14.4. The van der Waals surface area contributed by atoms with Gasteiger partial charge in [0.05, 0.1) is 24.5 Å². The average molecular weight is 329 g/mol. The minimum absolute atomic E-state index is 0.443. The largest absolute Gasteiger partial charge is 0.490 e. The van der Waals surface area contributed by atoms with Gasteiger partial charge in [-0.25, -0.2) is 4.79 Å². The van der Waals surface area contributed by atoms with Gasteiger partial charge in [0, 0.05) is 5.56 Å². The molecule has 0 atom stereocenters. The van der Waals surface area contributed by atoms with Crippen molar-refractivity contribution in [3.63, 3.8) is 0 Å². The molecule has 0 N–H and O–H groups in total. The summed E-state index contributed by atoms with van der Waals surface area (Å²) in [5.74, 6) is 0.959. The molecule has 0 aromatic heterocycles. The predicted molar refractivity (Wildman–Crippen MR) is 94.5 cm³/mol. The van der Waals surface area contributed by atoms with Crippen LogP contribution in [0, 0.1) is 0 Å². The molecule has 0 bridgehead atoms. The highest BCUT2D eigenvalue weighted by Crippen LogP contribution is 2.35. The summed E-state index contributed by atoms with van der Waals surface area (Å²) < 4.78 is 11.6. The van der Waals surface area contributed by atoms with Crippen molar-refractivity contribution in [2.45, 2.75) is 33.6 Å². The van der Waals surface area contributed by atoms with Gasteiger partial charge in [0.25, 0.3) is 0 Å². The van der Waals surface area contributed by atoms with Gasteiger partial charge in [-0.2, -0.15) is 0 Å². The Kier molecular flexibility index (Phi) is 6.18. The number of carbonyl (C=O) groups excluding carboxylic acids is 1. The SMILES string of the molecule is C=CCc1cc(/C=C2\C(=O)ON=C2C)cc(OCC)c1OCCC. The lowest BCUT2D eigenvalue weighted by Gasteiger charge is -2.16. The van der Waals surface area contributed by atoms with Crippen molar-refractivity contribution in [2.75, 3.05) is 13.2 Å². The van der Waals surface area contributed by atoms with E-state index in [0.29, 0.717) is 36.7 Å². The molecule has 0 saturated carbocycles. The number of ether oxygens (including phenoxy) is 2. The van der Waals surface area contributed by atoms with Crippen LogP contribution in [0.5, 0.6) is 11.5 Å². The molecule has 0 fully saturated rings. The van der Waals surface area contributed by atoms with Crippen molar-refractivity contribution >= 4 is 17.8 Å². The molecular weight excluding hydrogens is 306 g/mol. The molecule has 2 rings (SSSR count). The number of hydrogen-bond acceptors (Lipinski definition) is 5. The van der Waals surface area contributed by atoms with E-state index < -0.39 is 5.97 Å². The maximum absolute atomic E-state index is 11.7. The molecule has 24 heavy (non-hydrogen) atoms. The van der Waals surface area contributed by atoms with Crippen molar-refractivity contribution in [2.24, 2.45) is 5.16 Å². The van der Waals surface area contributed by atoms with Gasteiger partial charge < -0.3 is 14.3 Å². The highest BCUT2D eigenvalue weighted by Gasteiger charge is 2.22. The lowest BCUT2D eigenvalue weighted by molar-refractivity contribution is -0.136. The molecule has 0 spiro atoms. The molecule has 0 aliphatic carbocycles. The second-order valence-electron chi connectivity index (χ2n) is 5.40. The molecule has 1 heterocycles. The molecule has 5 heteroatoms. The molecule has 0 amide bonds. The van der Waals surface area contributed by atoms with E-state index in [1.54, 1.807) is 13.0 Å². The van der Waals surface area contributed by atoms with Gasteiger partial charge in [0.2, 0.25) is 0 Å². The van der Waals surface area contributed by atoms with Crippen molar-refractivity contribution in [3.8, 4) is 11.5 Å². The third-order valence-electron chi connectivity index (χ3n) is 3.45. The quantitative estimate of drug-likeness (QED) is 0.412. The Morgan fingerprint density at radius 3 is 2.67 bits per heavy atom. The van der Waals surface area contributed by atoms with Gasteiger partial charge in [-0.15, -0.1) is 6.58 Å². The molecule has 1 aromatic rings. The smallest absolute Gasteiger partial charge is 0.367 e. The first-order valence-electron chi connectivity index (χ1n) is 8.12. The fourth-order valence-corrected chi connectivity index (χ4v) is 2.39. The van der Waals surface area contributed by atoms with E-state index in [2.05, 4.69) is 18.7 Å². The Hall–Kier alpha value is -2.56. The van der Waals surface area contributed by atoms with E-state index in [1.165, 1.54) is 0 Å². The third kappa shape index (κ3) is 4.04. The van der Waals surface area contributed by atoms with Crippen LogP contribution in [0.4, 0.5) is 0 Å². The highest BCUT2D eigenvalue weighted by atomic mass is 16.7. The van der Waals surface area contributed by atoms with Gasteiger partial charge in [-0.1, -0.05) is 18.2 Å². The topological polar surface area (TPSA) is 57.1 Å². The number of rotatable bonds is 8. The molecule has 128 valence electrons. The van der Waals surface area contributed by atoms with E-state index in [0.717, 1.165) is 23.3 Å². The first-order chi connectivity index (χ1) is 11.6. The number of allylic oxidation sites excluding steroid dienone is 1. The monoisotopic (exact) mass is 329 g/mol. The number of hydrogen-bond donors (Lipinski definition) is 0. The first kappa shape index (κ1) is 17.8. The second kappa shape index (κ2) is 8.34. The Balaban J connectivity index is 2.49. The van der Waals surface area contributed by atoms with Gasteiger partial charge in [-0.05, 0) is 50.5 Å². The van der Waals surface area contributed by atoms with Crippen LogP contribution in [0.15, 0.2) is 35.5 Å². The number of nitrogens with zero attached hydrogens (tertiary/aromatic N) is 1. The van der Waals surface area contributed by atoms with Crippen molar-refractivity contribution in [1.82, 2.24) is 0 Å². The first-order valence-corrected chi connectivity index (χ1v) is 8.12. The summed E-state index contributed by atoms with van der Waals surface area (Å²) in [6, 6.07) is 3.84. The van der Waals surface area contributed by atoms with Crippen molar-refractivity contribution < 1.29 is 19.1 Å². The highest BCUT2D eigenvalue weighted by molar-refractivity contribution is 6.24. The average Bonchev–Trinajstić information content (AvgIpc) is 2.87. The minimum atomic E-state index is -0.443. The van der Waals surface area contributed by atoms with Gasteiger partial charge in [0.15, 0.2) is 11.5 Å². The van der Waals surface area contributed by atoms with Crippen LogP contribution in [-0.4, -0.2) is 24.9 Å². The summed E-state index contributed by atoms with van der Waals surface area (Å²) >= 11 is 0. The van der Waals surface area contributed by atoms with Crippen LogP contribution in [0.25, 0.3) is 6.08 Å². The van der Waals surface area contributed by atoms with Crippen LogP contribution in [-0.2, 0) is 16.1 Å².